The maximum Gasteiger partial charge on any atom is 0.141 e. The van der Waals surface area contributed by atoms with Crippen molar-refractivity contribution in [3.8, 4) is 0 Å². The molecule has 0 radical (unpaired) electrons. The van der Waals surface area contributed by atoms with Crippen molar-refractivity contribution in [3.63, 3.8) is 0 Å². The Morgan fingerprint density at radius 1 is 1.17 bits per heavy atom. The number of hydrogen-bond acceptors (Lipinski definition) is 4. The van der Waals surface area contributed by atoms with Gasteiger partial charge in [0, 0.05) is 45.9 Å². The van der Waals surface area contributed by atoms with Gasteiger partial charge in [-0.25, -0.2) is 4.39 Å². The van der Waals surface area contributed by atoms with Crippen molar-refractivity contribution < 1.29 is 14.2 Å². The van der Waals surface area contributed by atoms with Crippen LogP contribution < -0.4 is 0 Å². The highest BCUT2D eigenvalue weighted by Crippen LogP contribution is 2.26. The van der Waals surface area contributed by atoms with E-state index < -0.39 is 0 Å². The number of morpholine rings is 1. The van der Waals surface area contributed by atoms with Crippen LogP contribution in [0.4, 0.5) is 4.39 Å². The lowest BCUT2D eigenvalue weighted by Crippen LogP contribution is -2.41. The molecule has 0 aromatic heterocycles. The number of aliphatic hydroxyl groups is 1. The zero-order valence-electron chi connectivity index (χ0n) is 13.3. The average Bonchev–Trinajstić information content (AvgIpc) is 2.93. The predicted octanol–water partition coefficient (Wildman–Crippen LogP) is 1.85. The van der Waals surface area contributed by atoms with Gasteiger partial charge >= 0.3 is 0 Å². The number of rotatable bonds is 5. The first kappa shape index (κ1) is 17.1. The van der Waals surface area contributed by atoms with E-state index in [0.29, 0.717) is 11.8 Å². The Hall–Kier alpha value is -0.720. The third kappa shape index (κ3) is 4.43. The van der Waals surface area contributed by atoms with Gasteiger partial charge in [0.15, 0.2) is 0 Å². The molecule has 0 spiro atoms. The van der Waals surface area contributed by atoms with E-state index in [1.54, 1.807) is 12.1 Å². The minimum Gasteiger partial charge on any atom is -0.396 e. The van der Waals surface area contributed by atoms with Crippen molar-refractivity contribution in [3.05, 3.63) is 34.6 Å². The molecule has 2 heterocycles. The molecular weight excluding hydrogens is 319 g/mol. The third-order valence-electron chi connectivity index (χ3n) is 4.87. The number of nitrogens with zero attached hydrogens (tertiary/aromatic N) is 2. The number of halogens is 2. The highest BCUT2D eigenvalue weighted by molar-refractivity contribution is 6.30. The molecule has 2 fully saturated rings. The van der Waals surface area contributed by atoms with E-state index >= 15 is 0 Å². The van der Waals surface area contributed by atoms with Crippen molar-refractivity contribution in [2.24, 2.45) is 11.8 Å². The van der Waals surface area contributed by atoms with E-state index in [1.807, 2.05) is 0 Å². The summed E-state index contributed by atoms with van der Waals surface area (Å²) in [5.41, 5.74) is 1.01. The van der Waals surface area contributed by atoms with Crippen LogP contribution in [0.3, 0.4) is 0 Å². The van der Waals surface area contributed by atoms with E-state index in [9.17, 15) is 9.50 Å². The second-order valence-corrected chi connectivity index (χ2v) is 6.97. The van der Waals surface area contributed by atoms with E-state index in [2.05, 4.69) is 9.80 Å². The molecule has 0 saturated carbocycles. The molecule has 23 heavy (non-hydrogen) atoms. The van der Waals surface area contributed by atoms with E-state index in [-0.39, 0.29) is 17.4 Å². The highest BCUT2D eigenvalue weighted by atomic mass is 35.5. The lowest BCUT2D eigenvalue weighted by molar-refractivity contribution is 0.0264. The number of ether oxygens (including phenoxy) is 1. The fourth-order valence-corrected chi connectivity index (χ4v) is 3.79. The molecule has 2 aliphatic rings. The molecule has 1 aromatic rings. The summed E-state index contributed by atoms with van der Waals surface area (Å²) >= 11 is 5.86. The van der Waals surface area contributed by atoms with Crippen molar-refractivity contribution in [2.45, 2.75) is 6.54 Å². The largest absolute Gasteiger partial charge is 0.396 e. The van der Waals surface area contributed by atoms with Crippen molar-refractivity contribution in [2.75, 3.05) is 52.5 Å². The van der Waals surface area contributed by atoms with Crippen molar-refractivity contribution in [1.29, 1.82) is 0 Å². The van der Waals surface area contributed by atoms with Crippen LogP contribution >= 0.6 is 11.6 Å². The maximum absolute atomic E-state index is 13.3. The summed E-state index contributed by atoms with van der Waals surface area (Å²) in [7, 11) is 0. The Morgan fingerprint density at radius 2 is 1.91 bits per heavy atom. The fraction of sp³-hybridized carbons (Fsp3) is 0.647. The number of hydrogen-bond donors (Lipinski definition) is 1. The molecule has 0 bridgehead atoms. The first-order valence-electron chi connectivity index (χ1n) is 8.23. The van der Waals surface area contributed by atoms with Gasteiger partial charge in [-0.15, -0.1) is 0 Å². The molecule has 4 nitrogen and oxygen atoms in total. The summed E-state index contributed by atoms with van der Waals surface area (Å²) in [5.74, 6) is 0.387. The van der Waals surface area contributed by atoms with E-state index in [1.165, 1.54) is 6.07 Å². The zero-order chi connectivity index (χ0) is 16.2. The predicted molar refractivity (Wildman–Crippen MR) is 88.0 cm³/mol. The van der Waals surface area contributed by atoms with Crippen LogP contribution in [-0.4, -0.2) is 67.5 Å². The molecular formula is C17H24ClFN2O2. The first-order chi connectivity index (χ1) is 11.2. The smallest absolute Gasteiger partial charge is 0.141 e. The molecule has 1 N–H and O–H groups in total. The normalized spacial score (nSPS) is 26.7. The summed E-state index contributed by atoms with van der Waals surface area (Å²) < 4.78 is 18.7. The Kier molecular flexibility index (Phi) is 5.88. The Bertz CT molecular complexity index is 525. The fourth-order valence-electron chi connectivity index (χ4n) is 3.59. The summed E-state index contributed by atoms with van der Waals surface area (Å²) in [6.45, 7) is 7.35. The van der Waals surface area contributed by atoms with Gasteiger partial charge in [0.25, 0.3) is 0 Å². The Balaban J connectivity index is 1.58. The van der Waals surface area contributed by atoms with E-state index in [4.69, 9.17) is 16.3 Å². The minimum atomic E-state index is -0.379. The average molecular weight is 343 g/mol. The maximum atomic E-state index is 13.3. The summed E-state index contributed by atoms with van der Waals surface area (Å²) in [5, 5.41) is 9.86. The van der Waals surface area contributed by atoms with Crippen LogP contribution in [0.5, 0.6) is 0 Å². The van der Waals surface area contributed by atoms with Crippen LogP contribution in [0.25, 0.3) is 0 Å². The zero-order valence-corrected chi connectivity index (χ0v) is 14.0. The summed E-state index contributed by atoms with van der Waals surface area (Å²) in [6, 6.07) is 4.90. The minimum absolute atomic E-state index is 0.172. The SMILES string of the molecule is OC[C@@H]1CN(Cc2ccc(F)c(Cl)c2)C[C@@H]1CN1CCOCC1. The molecule has 128 valence electrons. The van der Waals surface area contributed by atoms with Gasteiger partial charge in [0.05, 0.1) is 18.2 Å². The second kappa shape index (κ2) is 7.90. The molecule has 2 atom stereocenters. The lowest BCUT2D eigenvalue weighted by atomic mass is 9.96. The van der Waals surface area contributed by atoms with Gasteiger partial charge in [-0.3, -0.25) is 9.80 Å². The molecule has 2 aliphatic heterocycles. The topological polar surface area (TPSA) is 35.9 Å². The van der Waals surface area contributed by atoms with Gasteiger partial charge < -0.3 is 9.84 Å². The van der Waals surface area contributed by atoms with Gasteiger partial charge in [-0.1, -0.05) is 17.7 Å². The standard InChI is InChI=1S/C17H24ClFN2O2/c18-16-7-13(1-2-17(16)19)8-21-10-14(15(11-21)12-22)9-20-3-5-23-6-4-20/h1-2,7,14-15,22H,3-6,8-12H2/t14-,15-/m0/s1. The van der Waals surface area contributed by atoms with Crippen LogP contribution in [0, 0.1) is 17.7 Å². The van der Waals surface area contributed by atoms with Gasteiger partial charge in [-0.05, 0) is 29.5 Å². The van der Waals surface area contributed by atoms with Gasteiger partial charge in [0.2, 0.25) is 0 Å². The molecule has 2 saturated heterocycles. The molecule has 0 aliphatic carbocycles. The second-order valence-electron chi connectivity index (χ2n) is 6.56. The number of aliphatic hydroxyl groups excluding tert-OH is 1. The number of benzene rings is 1. The van der Waals surface area contributed by atoms with Crippen molar-refractivity contribution >= 4 is 11.6 Å². The van der Waals surface area contributed by atoms with Crippen LogP contribution in [0.2, 0.25) is 5.02 Å². The monoisotopic (exact) mass is 342 g/mol. The lowest BCUT2D eigenvalue weighted by Gasteiger charge is -2.30. The molecule has 0 amide bonds. The van der Waals surface area contributed by atoms with Crippen LogP contribution in [-0.2, 0) is 11.3 Å². The molecule has 6 heteroatoms. The van der Waals surface area contributed by atoms with Crippen molar-refractivity contribution in [1.82, 2.24) is 9.80 Å². The Morgan fingerprint density at radius 3 is 2.61 bits per heavy atom. The van der Waals surface area contributed by atoms with Crippen LogP contribution in [0.15, 0.2) is 18.2 Å². The highest BCUT2D eigenvalue weighted by Gasteiger charge is 2.33. The van der Waals surface area contributed by atoms with Gasteiger partial charge in [0.1, 0.15) is 5.82 Å². The molecule has 0 unspecified atom stereocenters. The molecule has 1 aromatic carbocycles. The van der Waals surface area contributed by atoms with E-state index in [0.717, 1.165) is 58.0 Å². The summed E-state index contributed by atoms with van der Waals surface area (Å²) in [4.78, 5) is 4.75. The summed E-state index contributed by atoms with van der Waals surface area (Å²) in [6.07, 6.45) is 0. The van der Waals surface area contributed by atoms with Crippen LogP contribution in [0.1, 0.15) is 5.56 Å². The first-order valence-corrected chi connectivity index (χ1v) is 8.60. The molecule has 3 rings (SSSR count). The van der Waals surface area contributed by atoms with Gasteiger partial charge in [-0.2, -0.15) is 0 Å². The number of likely N-dealkylation sites (tertiary alicyclic amines) is 1. The quantitative estimate of drug-likeness (QED) is 0.886. The third-order valence-corrected chi connectivity index (χ3v) is 5.16. The Labute approximate surface area is 141 Å².